The number of hydrazine groups is 1. The summed E-state index contributed by atoms with van der Waals surface area (Å²) >= 11 is 4.43. The van der Waals surface area contributed by atoms with Crippen molar-refractivity contribution in [3.63, 3.8) is 0 Å². The van der Waals surface area contributed by atoms with Crippen LogP contribution in [0.1, 0.15) is 0 Å². The van der Waals surface area contributed by atoms with Gasteiger partial charge in [0.25, 0.3) is 11.8 Å². The summed E-state index contributed by atoms with van der Waals surface area (Å²) in [5, 5.41) is 0.623. The lowest BCUT2D eigenvalue weighted by molar-refractivity contribution is -0.138. The first-order valence-corrected chi connectivity index (χ1v) is 3.14. The fourth-order valence-electron chi connectivity index (χ4n) is 0.621. The molecule has 0 saturated carbocycles. The zero-order chi connectivity index (χ0) is 8.43. The molecule has 0 bridgehead atoms. The number of rotatable bonds is 1. The van der Waals surface area contributed by atoms with Gasteiger partial charge < -0.3 is 5.73 Å². The summed E-state index contributed by atoms with van der Waals surface area (Å²) in [6.45, 7) is 0. The van der Waals surface area contributed by atoms with E-state index >= 15 is 0 Å². The van der Waals surface area contributed by atoms with Crippen molar-refractivity contribution < 1.29 is 9.59 Å². The van der Waals surface area contributed by atoms with Gasteiger partial charge in [0.15, 0.2) is 5.11 Å². The highest BCUT2D eigenvalue weighted by atomic mass is 32.1. The van der Waals surface area contributed by atoms with Gasteiger partial charge in [-0.25, -0.2) is 0 Å². The van der Waals surface area contributed by atoms with E-state index < -0.39 is 11.8 Å². The fraction of sp³-hybridized carbons (Fsp3) is 0. The maximum atomic E-state index is 10.8. The van der Waals surface area contributed by atoms with Gasteiger partial charge >= 0.3 is 0 Å². The fourth-order valence-corrected chi connectivity index (χ4v) is 0.712. The van der Waals surface area contributed by atoms with Crippen LogP contribution in [0.2, 0.25) is 0 Å². The number of hydrogen-bond donors (Lipinski definition) is 2. The highest BCUT2D eigenvalue weighted by Crippen LogP contribution is 1.98. The first-order valence-electron chi connectivity index (χ1n) is 2.73. The quantitative estimate of drug-likeness (QED) is 0.377. The average molecular weight is 171 g/mol. The molecule has 0 fully saturated rings. The Balaban J connectivity index is 2.66. The molecule has 1 aliphatic heterocycles. The van der Waals surface area contributed by atoms with Crippen molar-refractivity contribution in [1.82, 2.24) is 10.4 Å². The number of nitrogens with zero attached hydrogens (tertiary/aromatic N) is 1. The van der Waals surface area contributed by atoms with E-state index in [0.29, 0.717) is 0 Å². The van der Waals surface area contributed by atoms with Crippen LogP contribution in [-0.2, 0) is 9.59 Å². The summed E-state index contributed by atoms with van der Waals surface area (Å²) in [5.74, 6) is -0.939. The van der Waals surface area contributed by atoms with E-state index in [-0.39, 0.29) is 5.11 Å². The van der Waals surface area contributed by atoms with E-state index in [4.69, 9.17) is 5.73 Å². The molecule has 0 aromatic heterocycles. The highest BCUT2D eigenvalue weighted by molar-refractivity contribution is 7.80. The lowest BCUT2D eigenvalue weighted by Crippen LogP contribution is -2.48. The molecule has 0 atom stereocenters. The van der Waals surface area contributed by atoms with Gasteiger partial charge in [0, 0.05) is 12.2 Å². The number of hydrogen-bond acceptors (Lipinski definition) is 3. The molecule has 0 aliphatic carbocycles. The van der Waals surface area contributed by atoms with Crippen LogP contribution in [0.4, 0.5) is 0 Å². The Morgan fingerprint density at radius 2 is 1.91 bits per heavy atom. The molecule has 0 unspecified atom stereocenters. The number of thiocarbonyl (C=S) groups is 1. The first-order chi connectivity index (χ1) is 5.11. The summed E-state index contributed by atoms with van der Waals surface area (Å²) < 4.78 is 0. The molecule has 0 spiro atoms. The minimum Gasteiger partial charge on any atom is -0.375 e. The zero-order valence-electron chi connectivity index (χ0n) is 5.40. The maximum absolute atomic E-state index is 10.8. The van der Waals surface area contributed by atoms with Crippen LogP contribution in [0.3, 0.4) is 0 Å². The topological polar surface area (TPSA) is 75.4 Å². The Labute approximate surface area is 67.8 Å². The van der Waals surface area contributed by atoms with Gasteiger partial charge in [-0.1, -0.05) is 0 Å². The minimum absolute atomic E-state index is 0.115. The first kappa shape index (κ1) is 7.67. The molecule has 1 heterocycles. The molecular formula is C5H5N3O2S. The summed E-state index contributed by atoms with van der Waals surface area (Å²) in [4.78, 5) is 21.5. The van der Waals surface area contributed by atoms with Gasteiger partial charge in [-0.05, 0) is 12.2 Å². The Morgan fingerprint density at radius 1 is 1.45 bits per heavy atom. The molecular weight excluding hydrogens is 166 g/mol. The Hall–Kier alpha value is -1.43. The van der Waals surface area contributed by atoms with Crippen LogP contribution in [0.5, 0.6) is 0 Å². The molecule has 1 aliphatic rings. The number of carbonyl (C=O) groups excluding carboxylic acids is 2. The van der Waals surface area contributed by atoms with Gasteiger partial charge in [0.2, 0.25) is 0 Å². The van der Waals surface area contributed by atoms with Crippen molar-refractivity contribution in [3.8, 4) is 0 Å². The van der Waals surface area contributed by atoms with Crippen LogP contribution < -0.4 is 11.2 Å². The standard InChI is InChI=1S/C5H5N3O2S/c6-5(11)7-8-3(9)1-2-4(8)10/h1-2H,(H3,6,7,11). The van der Waals surface area contributed by atoms with Crippen molar-refractivity contribution in [2.45, 2.75) is 0 Å². The van der Waals surface area contributed by atoms with Gasteiger partial charge in [0.05, 0.1) is 0 Å². The smallest absolute Gasteiger partial charge is 0.272 e. The number of carbonyl (C=O) groups is 2. The van der Waals surface area contributed by atoms with E-state index in [2.05, 4.69) is 17.6 Å². The number of imide groups is 1. The molecule has 5 nitrogen and oxygen atoms in total. The van der Waals surface area contributed by atoms with E-state index in [1.54, 1.807) is 0 Å². The molecule has 0 aromatic carbocycles. The van der Waals surface area contributed by atoms with E-state index in [1.807, 2.05) is 0 Å². The Kier molecular flexibility index (Phi) is 1.86. The van der Waals surface area contributed by atoms with Crippen molar-refractivity contribution in [2.75, 3.05) is 0 Å². The molecule has 0 radical (unpaired) electrons. The molecule has 6 heteroatoms. The molecule has 3 N–H and O–H groups in total. The van der Waals surface area contributed by atoms with Gasteiger partial charge in [-0.15, -0.1) is 0 Å². The second kappa shape index (κ2) is 2.67. The van der Waals surface area contributed by atoms with Crippen molar-refractivity contribution in [3.05, 3.63) is 12.2 Å². The molecule has 0 saturated heterocycles. The lowest BCUT2D eigenvalue weighted by atomic mass is 10.6. The number of nitrogens with two attached hydrogens (primary N) is 1. The summed E-state index contributed by atoms with van der Waals surface area (Å²) in [5.41, 5.74) is 7.27. The van der Waals surface area contributed by atoms with E-state index in [0.717, 1.165) is 17.2 Å². The Bertz CT molecular complexity index is 242. The van der Waals surface area contributed by atoms with Crippen LogP contribution in [0, 0.1) is 0 Å². The third-order valence-corrected chi connectivity index (χ3v) is 1.12. The molecule has 11 heavy (non-hydrogen) atoms. The second-order valence-electron chi connectivity index (χ2n) is 1.82. The third-order valence-electron chi connectivity index (χ3n) is 1.03. The number of amides is 2. The van der Waals surface area contributed by atoms with Gasteiger partial charge in [0.1, 0.15) is 0 Å². The van der Waals surface area contributed by atoms with Crippen molar-refractivity contribution in [1.29, 1.82) is 0 Å². The second-order valence-corrected chi connectivity index (χ2v) is 2.26. The molecule has 1 rings (SSSR count). The predicted molar refractivity (Wildman–Crippen MR) is 40.9 cm³/mol. The van der Waals surface area contributed by atoms with E-state index in [1.165, 1.54) is 0 Å². The van der Waals surface area contributed by atoms with Gasteiger partial charge in [-0.3, -0.25) is 15.0 Å². The largest absolute Gasteiger partial charge is 0.375 e. The van der Waals surface area contributed by atoms with E-state index in [9.17, 15) is 9.59 Å². The summed E-state index contributed by atoms with van der Waals surface area (Å²) in [6.07, 6.45) is 2.27. The molecule has 2 amide bonds. The maximum Gasteiger partial charge on any atom is 0.272 e. The third kappa shape index (κ3) is 1.53. The highest BCUT2D eigenvalue weighted by Gasteiger charge is 2.23. The molecule has 0 aromatic rings. The predicted octanol–water partition coefficient (Wildman–Crippen LogP) is -1.34. The van der Waals surface area contributed by atoms with Crippen molar-refractivity contribution >= 4 is 29.1 Å². The summed E-state index contributed by atoms with van der Waals surface area (Å²) in [7, 11) is 0. The van der Waals surface area contributed by atoms with Crippen LogP contribution in [0.25, 0.3) is 0 Å². The summed E-state index contributed by atoms with van der Waals surface area (Å²) in [6, 6.07) is 0. The monoisotopic (exact) mass is 171 g/mol. The SMILES string of the molecule is NC(=S)NN1C(=O)C=CC1=O. The normalized spacial score (nSPS) is 15.8. The average Bonchev–Trinajstić information content (AvgIpc) is 2.18. The molecule has 58 valence electrons. The van der Waals surface area contributed by atoms with Crippen molar-refractivity contribution in [2.24, 2.45) is 5.73 Å². The van der Waals surface area contributed by atoms with Gasteiger partial charge in [-0.2, -0.15) is 5.01 Å². The van der Waals surface area contributed by atoms with Crippen LogP contribution >= 0.6 is 12.2 Å². The number of nitrogens with one attached hydrogen (secondary N) is 1. The van der Waals surface area contributed by atoms with Crippen LogP contribution in [0.15, 0.2) is 12.2 Å². The lowest BCUT2D eigenvalue weighted by Gasteiger charge is -2.13. The Morgan fingerprint density at radius 3 is 2.27 bits per heavy atom. The minimum atomic E-state index is -0.470. The van der Waals surface area contributed by atoms with Crippen LogP contribution in [-0.4, -0.2) is 21.9 Å². The zero-order valence-corrected chi connectivity index (χ0v) is 6.22.